The van der Waals surface area contributed by atoms with Crippen molar-refractivity contribution in [3.8, 4) is 0 Å². The number of hydrogen-bond acceptors (Lipinski definition) is 4. The van der Waals surface area contributed by atoms with Crippen LogP contribution < -0.4 is 0 Å². The minimum Gasteiger partial charge on any atom is -0.388 e. The summed E-state index contributed by atoms with van der Waals surface area (Å²) in [5.41, 5.74) is 6.10. The summed E-state index contributed by atoms with van der Waals surface area (Å²) in [6.07, 6.45) is 4.85. The first kappa shape index (κ1) is 22.4. The van der Waals surface area contributed by atoms with Gasteiger partial charge in [0.2, 0.25) is 5.78 Å². The molecule has 5 nitrogen and oxygen atoms in total. The number of ketones is 1. The van der Waals surface area contributed by atoms with Crippen LogP contribution in [-0.2, 0) is 12.0 Å². The van der Waals surface area contributed by atoms with E-state index in [9.17, 15) is 9.90 Å². The lowest BCUT2D eigenvalue weighted by Crippen LogP contribution is -2.25. The molecule has 0 saturated carbocycles. The molecular formula is C29H30N2O3. The number of aromatic nitrogens is 2. The predicted molar refractivity (Wildman–Crippen MR) is 133 cm³/mol. The van der Waals surface area contributed by atoms with Crippen molar-refractivity contribution in [3.63, 3.8) is 0 Å². The summed E-state index contributed by atoms with van der Waals surface area (Å²) in [5, 5.41) is 15.5. The van der Waals surface area contributed by atoms with Crippen molar-refractivity contribution in [2.24, 2.45) is 0 Å². The Morgan fingerprint density at radius 3 is 2.65 bits per heavy atom. The van der Waals surface area contributed by atoms with Crippen LogP contribution in [0.5, 0.6) is 0 Å². The number of para-hydroxylation sites is 1. The molecule has 5 rings (SSSR count). The van der Waals surface area contributed by atoms with Gasteiger partial charge in [0.05, 0.1) is 17.5 Å². The van der Waals surface area contributed by atoms with Gasteiger partial charge < -0.3 is 14.2 Å². The van der Waals surface area contributed by atoms with Crippen LogP contribution in [0.25, 0.3) is 10.9 Å². The molecule has 1 N–H and O–H groups in total. The molecule has 2 aromatic carbocycles. The number of fused-ring (bicyclic) bond motifs is 3. The Labute approximate surface area is 199 Å². The zero-order valence-electron chi connectivity index (χ0n) is 19.9. The molecule has 3 heterocycles. The van der Waals surface area contributed by atoms with Crippen molar-refractivity contribution in [3.05, 3.63) is 101 Å². The first-order chi connectivity index (χ1) is 16.4. The summed E-state index contributed by atoms with van der Waals surface area (Å²) in [4.78, 5) is 13.8. The number of carbonyl (C=O) groups is 1. The molecule has 0 spiro atoms. The molecule has 2 aromatic heterocycles. The van der Waals surface area contributed by atoms with Crippen molar-refractivity contribution in [2.45, 2.75) is 58.1 Å². The number of allylic oxidation sites excluding steroid dienone is 2. The summed E-state index contributed by atoms with van der Waals surface area (Å²) >= 11 is 0. The van der Waals surface area contributed by atoms with Crippen molar-refractivity contribution in [2.75, 3.05) is 0 Å². The van der Waals surface area contributed by atoms with Gasteiger partial charge in [-0.3, -0.25) is 4.79 Å². The molecule has 2 atom stereocenters. The number of benzene rings is 2. The van der Waals surface area contributed by atoms with Gasteiger partial charge in [0.15, 0.2) is 0 Å². The van der Waals surface area contributed by atoms with E-state index < -0.39 is 6.10 Å². The van der Waals surface area contributed by atoms with E-state index in [1.807, 2.05) is 25.1 Å². The average Bonchev–Trinajstić information content (AvgIpc) is 3.39. The lowest BCUT2D eigenvalue weighted by molar-refractivity contribution is 0.102. The summed E-state index contributed by atoms with van der Waals surface area (Å²) in [5.74, 6) is 0.0719. The Hall–Kier alpha value is -3.44. The van der Waals surface area contributed by atoms with E-state index in [2.05, 4.69) is 66.0 Å². The lowest BCUT2D eigenvalue weighted by Gasteiger charge is -2.28. The molecule has 0 aliphatic carbocycles. The summed E-state index contributed by atoms with van der Waals surface area (Å²) < 4.78 is 7.15. The molecule has 0 amide bonds. The largest absolute Gasteiger partial charge is 0.388 e. The zero-order valence-corrected chi connectivity index (χ0v) is 19.9. The molecule has 0 fully saturated rings. The van der Waals surface area contributed by atoms with Gasteiger partial charge in [-0.2, -0.15) is 0 Å². The molecule has 1 aliphatic rings. The highest BCUT2D eigenvalue weighted by Crippen LogP contribution is 2.37. The van der Waals surface area contributed by atoms with E-state index in [-0.39, 0.29) is 11.2 Å². The first-order valence-corrected chi connectivity index (χ1v) is 11.9. The Balaban J connectivity index is 1.50. The Kier molecular flexibility index (Phi) is 5.74. The van der Waals surface area contributed by atoms with Crippen LogP contribution in [0.1, 0.15) is 65.2 Å². The summed E-state index contributed by atoms with van der Waals surface area (Å²) in [7, 11) is 0. The Bertz CT molecular complexity index is 1380. The van der Waals surface area contributed by atoms with Crippen molar-refractivity contribution in [1.29, 1.82) is 0 Å². The van der Waals surface area contributed by atoms with Gasteiger partial charge in [-0.25, -0.2) is 0 Å². The van der Waals surface area contributed by atoms with Gasteiger partial charge in [-0.15, -0.1) is 0 Å². The molecule has 0 saturated heterocycles. The fourth-order valence-corrected chi connectivity index (χ4v) is 5.11. The van der Waals surface area contributed by atoms with Gasteiger partial charge in [0.25, 0.3) is 0 Å². The van der Waals surface area contributed by atoms with Crippen molar-refractivity contribution < 1.29 is 14.4 Å². The van der Waals surface area contributed by atoms with Crippen LogP contribution >= 0.6 is 0 Å². The Morgan fingerprint density at radius 1 is 1.15 bits per heavy atom. The molecule has 2 unspecified atom stereocenters. The van der Waals surface area contributed by atoms with Crippen LogP contribution in [0.4, 0.5) is 0 Å². The van der Waals surface area contributed by atoms with Crippen molar-refractivity contribution in [1.82, 2.24) is 9.72 Å². The van der Waals surface area contributed by atoms with Crippen LogP contribution in [0.2, 0.25) is 0 Å². The monoisotopic (exact) mass is 454 g/mol. The van der Waals surface area contributed by atoms with E-state index in [0.717, 1.165) is 22.2 Å². The topological polar surface area (TPSA) is 68.3 Å². The van der Waals surface area contributed by atoms with E-state index in [1.54, 1.807) is 0 Å². The maximum Gasteiger partial charge on any atom is 0.205 e. The molecule has 34 heavy (non-hydrogen) atoms. The minimum absolute atomic E-state index is 0.0719. The van der Waals surface area contributed by atoms with Gasteiger partial charge in [0, 0.05) is 28.4 Å². The predicted octanol–water partition coefficient (Wildman–Crippen LogP) is 6.23. The number of aliphatic hydroxyl groups excluding tert-OH is 1. The highest BCUT2D eigenvalue weighted by atomic mass is 16.5. The fraction of sp³-hybridized carbons (Fsp3) is 0.310. The number of hydrogen-bond donors (Lipinski definition) is 1. The van der Waals surface area contributed by atoms with E-state index in [1.165, 1.54) is 17.4 Å². The zero-order chi connectivity index (χ0) is 23.9. The quantitative estimate of drug-likeness (QED) is 0.375. The minimum atomic E-state index is -0.650. The standard InChI is InChI=1S/C29H30N2O3/c1-19-11-13-23(14-12-19)29(3)16-22(8-6-10-27(32)24-17-34-30-20(24)2)28(33)26-15-21-7-4-5-9-25(21)31(26)18-29/h4-5,7,9,11-17,27,32H,6,8,10,18H2,1-3H3. The van der Waals surface area contributed by atoms with Gasteiger partial charge in [0.1, 0.15) is 6.26 Å². The van der Waals surface area contributed by atoms with E-state index in [0.29, 0.717) is 37.1 Å². The van der Waals surface area contributed by atoms with E-state index >= 15 is 0 Å². The summed E-state index contributed by atoms with van der Waals surface area (Å²) in [6.45, 7) is 6.82. The smallest absolute Gasteiger partial charge is 0.205 e. The second kappa shape index (κ2) is 8.73. The fourth-order valence-electron chi connectivity index (χ4n) is 5.11. The van der Waals surface area contributed by atoms with Crippen LogP contribution in [-0.4, -0.2) is 20.6 Å². The van der Waals surface area contributed by atoms with Crippen LogP contribution in [0.3, 0.4) is 0 Å². The molecule has 4 aromatic rings. The SMILES string of the molecule is Cc1ccc(C2(C)C=C(CCCC(O)c3conc3C)C(=O)c3cc4ccccc4n3C2)cc1. The maximum atomic E-state index is 13.8. The van der Waals surface area contributed by atoms with Crippen LogP contribution in [0, 0.1) is 13.8 Å². The van der Waals surface area contributed by atoms with Gasteiger partial charge in [-0.05, 0) is 56.4 Å². The molecule has 0 radical (unpaired) electrons. The third-order valence-corrected chi connectivity index (χ3v) is 7.10. The number of rotatable bonds is 6. The van der Waals surface area contributed by atoms with E-state index in [4.69, 9.17) is 4.52 Å². The van der Waals surface area contributed by atoms with Crippen LogP contribution in [0.15, 0.2) is 77.0 Å². The van der Waals surface area contributed by atoms with Gasteiger partial charge >= 0.3 is 0 Å². The normalized spacial score (nSPS) is 19.1. The highest BCUT2D eigenvalue weighted by molar-refractivity contribution is 6.10. The molecule has 174 valence electrons. The Morgan fingerprint density at radius 2 is 1.91 bits per heavy atom. The number of Topliss-reactive ketones (excluding diaryl/α,β-unsaturated/α-hetero) is 1. The third kappa shape index (κ3) is 4.01. The first-order valence-electron chi connectivity index (χ1n) is 11.9. The highest BCUT2D eigenvalue weighted by Gasteiger charge is 2.33. The molecule has 5 heteroatoms. The third-order valence-electron chi connectivity index (χ3n) is 7.10. The summed E-state index contributed by atoms with van der Waals surface area (Å²) in [6, 6.07) is 18.8. The number of aryl methyl sites for hydroxylation is 2. The second-order valence-corrected chi connectivity index (χ2v) is 9.72. The number of nitrogens with zero attached hydrogens (tertiary/aromatic N) is 2. The number of aliphatic hydroxyl groups is 1. The molecule has 1 aliphatic heterocycles. The second-order valence-electron chi connectivity index (χ2n) is 9.72. The van der Waals surface area contributed by atoms with Crippen molar-refractivity contribution >= 4 is 16.7 Å². The average molecular weight is 455 g/mol. The molecule has 0 bridgehead atoms. The van der Waals surface area contributed by atoms with Gasteiger partial charge in [-0.1, -0.05) is 66.2 Å². The maximum absolute atomic E-state index is 13.8. The molecular weight excluding hydrogens is 424 g/mol. The number of carbonyl (C=O) groups excluding carboxylic acids is 1. The lowest BCUT2D eigenvalue weighted by atomic mass is 9.79.